The van der Waals surface area contributed by atoms with Crippen LogP contribution >= 0.6 is 0 Å². The molecule has 0 spiro atoms. The van der Waals surface area contributed by atoms with Crippen LogP contribution in [0.2, 0.25) is 0 Å². The summed E-state index contributed by atoms with van der Waals surface area (Å²) in [6, 6.07) is 7.12. The van der Waals surface area contributed by atoms with Gasteiger partial charge in [0.15, 0.2) is 6.10 Å². The Morgan fingerprint density at radius 2 is 2.12 bits per heavy atom. The second-order valence-corrected chi connectivity index (χ2v) is 3.51. The maximum Gasteiger partial charge on any atom is 0.337 e. The molecule has 88 valence electrons. The molecule has 16 heavy (non-hydrogen) atoms. The highest BCUT2D eigenvalue weighted by Crippen LogP contribution is 2.19. The second kappa shape index (κ2) is 5.63. The van der Waals surface area contributed by atoms with E-state index in [1.165, 1.54) is 7.11 Å². The maximum absolute atomic E-state index is 11.0. The van der Waals surface area contributed by atoms with Crippen molar-refractivity contribution in [2.24, 2.45) is 0 Å². The SMILES string of the molecule is CCc1cccc(C(O)C(O)C(=O)OC)c1. The van der Waals surface area contributed by atoms with Gasteiger partial charge in [-0.15, -0.1) is 0 Å². The number of aliphatic hydroxyl groups is 2. The standard InChI is InChI=1S/C12H16O4/c1-3-8-5-4-6-9(7-8)10(13)11(14)12(15)16-2/h4-7,10-11,13-14H,3H2,1-2H3. The Morgan fingerprint density at radius 3 is 2.69 bits per heavy atom. The molecular formula is C12H16O4. The van der Waals surface area contributed by atoms with Crippen LogP contribution in [0.1, 0.15) is 24.2 Å². The average Bonchev–Trinajstić information content (AvgIpc) is 2.36. The number of benzene rings is 1. The molecule has 0 radical (unpaired) electrons. The Hall–Kier alpha value is -1.39. The molecule has 0 bridgehead atoms. The number of rotatable bonds is 4. The first kappa shape index (κ1) is 12.7. The number of ether oxygens (including phenoxy) is 1. The van der Waals surface area contributed by atoms with Crippen LogP contribution in [0.3, 0.4) is 0 Å². The van der Waals surface area contributed by atoms with Gasteiger partial charge in [-0.1, -0.05) is 31.2 Å². The van der Waals surface area contributed by atoms with E-state index in [1.54, 1.807) is 18.2 Å². The quantitative estimate of drug-likeness (QED) is 0.743. The molecule has 1 aromatic rings. The van der Waals surface area contributed by atoms with Gasteiger partial charge in [0.05, 0.1) is 7.11 Å². The van der Waals surface area contributed by atoms with Crippen LogP contribution in [0.4, 0.5) is 0 Å². The van der Waals surface area contributed by atoms with Crippen LogP contribution < -0.4 is 0 Å². The van der Waals surface area contributed by atoms with Crippen LogP contribution in [-0.2, 0) is 16.0 Å². The van der Waals surface area contributed by atoms with Crippen LogP contribution in [0.15, 0.2) is 24.3 Å². The highest BCUT2D eigenvalue weighted by molar-refractivity contribution is 5.75. The lowest BCUT2D eigenvalue weighted by Gasteiger charge is -2.16. The van der Waals surface area contributed by atoms with E-state index < -0.39 is 18.2 Å². The Balaban J connectivity index is 2.86. The van der Waals surface area contributed by atoms with Crippen molar-refractivity contribution >= 4 is 5.97 Å². The number of aliphatic hydroxyl groups excluding tert-OH is 2. The second-order valence-electron chi connectivity index (χ2n) is 3.51. The average molecular weight is 224 g/mol. The van der Waals surface area contributed by atoms with Gasteiger partial charge in [0.2, 0.25) is 0 Å². The number of carbonyl (C=O) groups excluding carboxylic acids is 1. The van der Waals surface area contributed by atoms with Gasteiger partial charge in [-0.2, -0.15) is 0 Å². The first-order chi connectivity index (χ1) is 7.60. The van der Waals surface area contributed by atoms with Crippen LogP contribution in [-0.4, -0.2) is 29.4 Å². The molecule has 0 saturated heterocycles. The van der Waals surface area contributed by atoms with Crippen molar-refractivity contribution in [2.45, 2.75) is 25.6 Å². The number of methoxy groups -OCH3 is 1. The fraction of sp³-hybridized carbons (Fsp3) is 0.417. The molecule has 4 heteroatoms. The minimum Gasteiger partial charge on any atom is -0.467 e. The molecule has 1 rings (SSSR count). The van der Waals surface area contributed by atoms with Crippen molar-refractivity contribution in [1.82, 2.24) is 0 Å². The van der Waals surface area contributed by atoms with Gasteiger partial charge in [-0.25, -0.2) is 4.79 Å². The molecule has 0 aromatic heterocycles. The van der Waals surface area contributed by atoms with E-state index in [0.717, 1.165) is 12.0 Å². The van der Waals surface area contributed by atoms with Crippen molar-refractivity contribution in [1.29, 1.82) is 0 Å². The third kappa shape index (κ3) is 2.81. The largest absolute Gasteiger partial charge is 0.467 e. The van der Waals surface area contributed by atoms with Crippen LogP contribution in [0.5, 0.6) is 0 Å². The molecule has 0 amide bonds. The zero-order valence-electron chi connectivity index (χ0n) is 9.38. The summed E-state index contributed by atoms with van der Waals surface area (Å²) < 4.78 is 4.36. The summed E-state index contributed by atoms with van der Waals surface area (Å²) >= 11 is 0. The van der Waals surface area contributed by atoms with E-state index in [9.17, 15) is 15.0 Å². The number of hydrogen-bond donors (Lipinski definition) is 2. The highest BCUT2D eigenvalue weighted by Gasteiger charge is 2.26. The lowest BCUT2D eigenvalue weighted by atomic mass is 10.0. The van der Waals surface area contributed by atoms with E-state index >= 15 is 0 Å². The van der Waals surface area contributed by atoms with E-state index in [0.29, 0.717) is 5.56 Å². The van der Waals surface area contributed by atoms with Crippen molar-refractivity contribution in [2.75, 3.05) is 7.11 Å². The van der Waals surface area contributed by atoms with Crippen molar-refractivity contribution < 1.29 is 19.7 Å². The fourth-order valence-electron chi connectivity index (χ4n) is 1.43. The maximum atomic E-state index is 11.0. The number of esters is 1. The highest BCUT2D eigenvalue weighted by atomic mass is 16.5. The van der Waals surface area contributed by atoms with Crippen molar-refractivity contribution in [3.8, 4) is 0 Å². The molecule has 2 unspecified atom stereocenters. The summed E-state index contributed by atoms with van der Waals surface area (Å²) in [6.45, 7) is 1.99. The monoisotopic (exact) mass is 224 g/mol. The Kier molecular flexibility index (Phi) is 4.46. The first-order valence-corrected chi connectivity index (χ1v) is 5.13. The third-order valence-corrected chi connectivity index (χ3v) is 2.44. The molecule has 4 nitrogen and oxygen atoms in total. The third-order valence-electron chi connectivity index (χ3n) is 2.44. The fourth-order valence-corrected chi connectivity index (χ4v) is 1.43. The van der Waals surface area contributed by atoms with Crippen molar-refractivity contribution in [3.05, 3.63) is 35.4 Å². The van der Waals surface area contributed by atoms with Gasteiger partial charge in [0, 0.05) is 0 Å². The summed E-state index contributed by atoms with van der Waals surface area (Å²) in [5, 5.41) is 19.2. The van der Waals surface area contributed by atoms with Gasteiger partial charge < -0.3 is 14.9 Å². The molecule has 0 aliphatic heterocycles. The van der Waals surface area contributed by atoms with Gasteiger partial charge in [-0.05, 0) is 17.5 Å². The zero-order chi connectivity index (χ0) is 12.1. The van der Waals surface area contributed by atoms with E-state index in [2.05, 4.69) is 4.74 Å². The normalized spacial score (nSPS) is 14.2. The molecule has 0 fully saturated rings. The Labute approximate surface area is 94.5 Å². The molecular weight excluding hydrogens is 208 g/mol. The zero-order valence-corrected chi connectivity index (χ0v) is 9.38. The molecule has 1 aromatic carbocycles. The molecule has 0 saturated carbocycles. The molecule has 0 heterocycles. The Morgan fingerprint density at radius 1 is 1.44 bits per heavy atom. The molecule has 0 aliphatic rings. The molecule has 2 atom stereocenters. The smallest absolute Gasteiger partial charge is 0.337 e. The lowest BCUT2D eigenvalue weighted by Crippen LogP contribution is -2.29. The van der Waals surface area contributed by atoms with Crippen LogP contribution in [0, 0.1) is 0 Å². The van der Waals surface area contributed by atoms with Gasteiger partial charge in [-0.3, -0.25) is 0 Å². The van der Waals surface area contributed by atoms with Gasteiger partial charge in [0.25, 0.3) is 0 Å². The summed E-state index contributed by atoms with van der Waals surface area (Å²) in [6.07, 6.45) is -1.97. The Bertz CT molecular complexity index is 362. The van der Waals surface area contributed by atoms with Gasteiger partial charge >= 0.3 is 5.97 Å². The first-order valence-electron chi connectivity index (χ1n) is 5.13. The predicted octanol–water partition coefficient (Wildman–Crippen LogP) is 0.816. The molecule has 2 N–H and O–H groups in total. The topological polar surface area (TPSA) is 66.8 Å². The minimum absolute atomic E-state index is 0.511. The van der Waals surface area contributed by atoms with Gasteiger partial charge in [0.1, 0.15) is 6.10 Å². The van der Waals surface area contributed by atoms with E-state index in [4.69, 9.17) is 0 Å². The van der Waals surface area contributed by atoms with Crippen LogP contribution in [0.25, 0.3) is 0 Å². The molecule has 0 aliphatic carbocycles. The number of carbonyl (C=O) groups is 1. The summed E-state index contributed by atoms with van der Waals surface area (Å²) in [4.78, 5) is 11.0. The summed E-state index contributed by atoms with van der Waals surface area (Å²) in [5.41, 5.74) is 1.55. The van der Waals surface area contributed by atoms with Crippen molar-refractivity contribution in [3.63, 3.8) is 0 Å². The van der Waals surface area contributed by atoms with E-state index in [-0.39, 0.29) is 0 Å². The number of hydrogen-bond acceptors (Lipinski definition) is 4. The number of aryl methyl sites for hydroxylation is 1. The predicted molar refractivity (Wildman–Crippen MR) is 58.8 cm³/mol. The minimum atomic E-state index is -1.54. The van der Waals surface area contributed by atoms with E-state index in [1.807, 2.05) is 13.0 Å². The lowest BCUT2D eigenvalue weighted by molar-refractivity contribution is -0.156. The summed E-state index contributed by atoms with van der Waals surface area (Å²) in [7, 11) is 1.17. The summed E-state index contributed by atoms with van der Waals surface area (Å²) in [5.74, 6) is -0.839.